The van der Waals surface area contributed by atoms with Crippen LogP contribution in [0.15, 0.2) is 72.8 Å². The maximum Gasteiger partial charge on any atom is 0.255 e. The van der Waals surface area contributed by atoms with E-state index < -0.39 is 0 Å². The number of hydrogen-bond acceptors (Lipinski definition) is 5. The van der Waals surface area contributed by atoms with Gasteiger partial charge in [-0.15, -0.1) is 0 Å². The first-order valence-electron chi connectivity index (χ1n) is 10.3. The van der Waals surface area contributed by atoms with Gasteiger partial charge >= 0.3 is 0 Å². The summed E-state index contributed by atoms with van der Waals surface area (Å²) in [5.74, 6) is -0.133. The maximum atomic E-state index is 12.6. The van der Waals surface area contributed by atoms with Gasteiger partial charge < -0.3 is 26.2 Å². The van der Waals surface area contributed by atoms with Crippen LogP contribution in [0.2, 0.25) is 0 Å². The lowest BCUT2D eigenvalue weighted by Gasteiger charge is -2.29. The van der Waals surface area contributed by atoms with E-state index in [-0.39, 0.29) is 5.91 Å². The van der Waals surface area contributed by atoms with E-state index in [9.17, 15) is 9.59 Å². The molecule has 1 aliphatic rings. The molecule has 0 radical (unpaired) electrons. The largest absolute Gasteiger partial charge is 0.369 e. The highest BCUT2D eigenvalue weighted by Gasteiger charge is 2.12. The normalized spacial score (nSPS) is 13.4. The molecule has 0 bridgehead atoms. The predicted octanol–water partition coefficient (Wildman–Crippen LogP) is 3.66. The van der Waals surface area contributed by atoms with Gasteiger partial charge in [0.1, 0.15) is 0 Å². The first kappa shape index (κ1) is 20.4. The summed E-state index contributed by atoms with van der Waals surface area (Å²) >= 11 is 0. The highest BCUT2D eigenvalue weighted by atomic mass is 16.1. The van der Waals surface area contributed by atoms with Crippen molar-refractivity contribution in [3.05, 3.63) is 78.4 Å². The first-order chi connectivity index (χ1) is 15.2. The fraction of sp³-hybridized carbons (Fsp3) is 0.167. The lowest BCUT2D eigenvalue weighted by atomic mass is 10.1. The summed E-state index contributed by atoms with van der Waals surface area (Å²) < 4.78 is 0. The number of nitrogens with zero attached hydrogens (tertiary/aromatic N) is 1. The molecule has 7 nitrogen and oxygen atoms in total. The number of amides is 2. The second kappa shape index (κ2) is 9.77. The Morgan fingerprint density at radius 3 is 1.90 bits per heavy atom. The van der Waals surface area contributed by atoms with Crippen LogP contribution in [0.25, 0.3) is 0 Å². The van der Waals surface area contributed by atoms with Crippen molar-refractivity contribution in [1.29, 1.82) is 0 Å². The van der Waals surface area contributed by atoms with E-state index >= 15 is 0 Å². The van der Waals surface area contributed by atoms with E-state index in [1.807, 2.05) is 72.8 Å². The number of rotatable bonds is 7. The van der Waals surface area contributed by atoms with Crippen LogP contribution in [0.4, 0.5) is 28.4 Å². The van der Waals surface area contributed by atoms with Gasteiger partial charge in [0.25, 0.3) is 5.91 Å². The molecule has 7 heteroatoms. The molecule has 1 fully saturated rings. The van der Waals surface area contributed by atoms with Crippen molar-refractivity contribution in [3.63, 3.8) is 0 Å². The Labute approximate surface area is 181 Å². The quantitative estimate of drug-likeness (QED) is 0.443. The fourth-order valence-corrected chi connectivity index (χ4v) is 3.47. The minimum atomic E-state index is -0.133. The van der Waals surface area contributed by atoms with Crippen LogP contribution < -0.4 is 26.2 Å². The van der Waals surface area contributed by atoms with E-state index in [4.69, 9.17) is 0 Å². The lowest BCUT2D eigenvalue weighted by Crippen LogP contribution is -2.43. The van der Waals surface area contributed by atoms with Crippen LogP contribution in [0.5, 0.6) is 0 Å². The van der Waals surface area contributed by atoms with Crippen molar-refractivity contribution in [3.8, 4) is 0 Å². The zero-order valence-corrected chi connectivity index (χ0v) is 17.1. The molecule has 2 amide bonds. The van der Waals surface area contributed by atoms with Gasteiger partial charge in [0, 0.05) is 60.2 Å². The van der Waals surface area contributed by atoms with Crippen LogP contribution >= 0.6 is 0 Å². The number of carbonyl (C=O) groups is 2. The number of benzene rings is 3. The van der Waals surface area contributed by atoms with Gasteiger partial charge in [0.2, 0.25) is 6.41 Å². The molecule has 4 rings (SSSR count). The lowest BCUT2D eigenvalue weighted by molar-refractivity contribution is -0.105. The Bertz CT molecular complexity index is 1010. The molecule has 1 heterocycles. The molecule has 31 heavy (non-hydrogen) atoms. The molecule has 0 atom stereocenters. The summed E-state index contributed by atoms with van der Waals surface area (Å²) in [6.45, 7) is 3.92. The smallest absolute Gasteiger partial charge is 0.255 e. The van der Waals surface area contributed by atoms with Crippen LogP contribution in [0, 0.1) is 0 Å². The first-order valence-corrected chi connectivity index (χ1v) is 10.3. The van der Waals surface area contributed by atoms with Gasteiger partial charge in [0.05, 0.1) is 0 Å². The Morgan fingerprint density at radius 1 is 0.774 bits per heavy atom. The molecule has 1 aliphatic heterocycles. The van der Waals surface area contributed by atoms with Crippen LogP contribution in [0.1, 0.15) is 10.4 Å². The molecule has 0 saturated carbocycles. The number of carbonyl (C=O) groups excluding carboxylic acids is 2. The number of hydrogen-bond donors (Lipinski definition) is 4. The van der Waals surface area contributed by atoms with Gasteiger partial charge in [-0.25, -0.2) is 0 Å². The molecule has 0 spiro atoms. The zero-order chi connectivity index (χ0) is 21.5. The third kappa shape index (κ3) is 5.40. The van der Waals surface area contributed by atoms with Crippen molar-refractivity contribution >= 4 is 40.8 Å². The number of anilines is 5. The minimum Gasteiger partial charge on any atom is -0.369 e. The highest BCUT2D eigenvalue weighted by Crippen LogP contribution is 2.21. The average Bonchev–Trinajstić information content (AvgIpc) is 2.82. The van der Waals surface area contributed by atoms with Crippen molar-refractivity contribution < 1.29 is 9.59 Å². The molecule has 0 aliphatic carbocycles. The molecule has 3 aromatic rings. The predicted molar refractivity (Wildman–Crippen MR) is 125 cm³/mol. The maximum absolute atomic E-state index is 12.6. The Hall–Kier alpha value is -3.84. The summed E-state index contributed by atoms with van der Waals surface area (Å²) in [6.07, 6.45) is 0.649. The summed E-state index contributed by atoms with van der Waals surface area (Å²) in [5, 5.41) is 12.2. The Balaban J connectivity index is 1.33. The summed E-state index contributed by atoms with van der Waals surface area (Å²) in [6, 6.07) is 22.7. The van der Waals surface area contributed by atoms with Crippen molar-refractivity contribution in [1.82, 2.24) is 5.32 Å². The van der Waals surface area contributed by atoms with Crippen molar-refractivity contribution in [2.45, 2.75) is 0 Å². The van der Waals surface area contributed by atoms with Crippen LogP contribution in [-0.2, 0) is 4.79 Å². The molecule has 158 valence electrons. The topological polar surface area (TPSA) is 85.5 Å². The number of piperazine rings is 1. The Kier molecular flexibility index (Phi) is 6.44. The number of nitrogens with one attached hydrogen (secondary N) is 4. The van der Waals surface area contributed by atoms with E-state index in [2.05, 4.69) is 26.2 Å². The van der Waals surface area contributed by atoms with E-state index in [0.717, 1.165) is 54.6 Å². The van der Waals surface area contributed by atoms with E-state index in [1.54, 1.807) is 0 Å². The van der Waals surface area contributed by atoms with E-state index in [0.29, 0.717) is 12.0 Å². The minimum absolute atomic E-state index is 0.133. The molecule has 0 aromatic heterocycles. The van der Waals surface area contributed by atoms with Gasteiger partial charge in [-0.05, 0) is 72.8 Å². The third-order valence-electron chi connectivity index (χ3n) is 5.15. The van der Waals surface area contributed by atoms with Crippen LogP contribution in [0.3, 0.4) is 0 Å². The monoisotopic (exact) mass is 415 g/mol. The van der Waals surface area contributed by atoms with E-state index in [1.165, 1.54) is 0 Å². The van der Waals surface area contributed by atoms with Gasteiger partial charge in [-0.3, -0.25) is 9.59 Å². The fourth-order valence-electron chi connectivity index (χ4n) is 3.47. The van der Waals surface area contributed by atoms with Gasteiger partial charge in [-0.2, -0.15) is 0 Å². The molecular formula is C24H25N5O2. The van der Waals surface area contributed by atoms with Crippen molar-refractivity contribution in [2.24, 2.45) is 0 Å². The molecule has 1 saturated heterocycles. The standard InChI is InChI=1S/C24H25N5O2/c30-17-26-19-3-5-20(6-4-19)27-21-7-9-22(10-8-21)28-24(31)18-1-11-23(12-2-18)29-15-13-25-14-16-29/h1-12,17,25,27H,13-16H2,(H,26,30)(H,28,31). The highest BCUT2D eigenvalue weighted by molar-refractivity contribution is 6.04. The molecule has 4 N–H and O–H groups in total. The zero-order valence-electron chi connectivity index (χ0n) is 17.1. The summed E-state index contributed by atoms with van der Waals surface area (Å²) in [4.78, 5) is 25.4. The average molecular weight is 415 g/mol. The second-order valence-electron chi connectivity index (χ2n) is 7.28. The second-order valence-corrected chi connectivity index (χ2v) is 7.28. The third-order valence-corrected chi connectivity index (χ3v) is 5.15. The molecule has 3 aromatic carbocycles. The Morgan fingerprint density at radius 2 is 1.32 bits per heavy atom. The summed E-state index contributed by atoms with van der Waals surface area (Å²) in [5.41, 5.74) is 5.03. The van der Waals surface area contributed by atoms with Gasteiger partial charge in [0.15, 0.2) is 0 Å². The van der Waals surface area contributed by atoms with Crippen molar-refractivity contribution in [2.75, 3.05) is 47.0 Å². The molecule has 0 unspecified atom stereocenters. The van der Waals surface area contributed by atoms with Crippen LogP contribution in [-0.4, -0.2) is 38.5 Å². The SMILES string of the molecule is O=CNc1ccc(Nc2ccc(NC(=O)c3ccc(N4CCNCC4)cc3)cc2)cc1. The van der Waals surface area contributed by atoms with Gasteiger partial charge in [-0.1, -0.05) is 0 Å². The molecular weight excluding hydrogens is 390 g/mol. The summed E-state index contributed by atoms with van der Waals surface area (Å²) in [7, 11) is 0.